The van der Waals surface area contributed by atoms with Crippen LogP contribution in [0.1, 0.15) is 26.3 Å². The van der Waals surface area contributed by atoms with Gasteiger partial charge in [0.2, 0.25) is 11.8 Å². The van der Waals surface area contributed by atoms with E-state index in [1.807, 2.05) is 44.2 Å². The number of nitrogens with one attached hydrogen (secondary N) is 1. The number of carbonyl (C=O) groups excluding carboxylic acids is 3. The molecule has 0 bridgehead atoms. The zero-order valence-corrected chi connectivity index (χ0v) is 15.7. The maximum absolute atomic E-state index is 12.5. The Morgan fingerprint density at radius 1 is 1.35 bits per heavy atom. The molecule has 26 heavy (non-hydrogen) atoms. The molecule has 3 rings (SSSR count). The number of aliphatic hydroxyl groups excluding tert-OH is 1. The van der Waals surface area contributed by atoms with E-state index in [-0.39, 0.29) is 23.6 Å². The quantitative estimate of drug-likeness (QED) is 0.444. The van der Waals surface area contributed by atoms with E-state index < -0.39 is 29.1 Å². The van der Waals surface area contributed by atoms with Crippen LogP contribution >= 0.6 is 11.8 Å². The lowest BCUT2D eigenvalue weighted by atomic mass is 9.96. The van der Waals surface area contributed by atoms with Gasteiger partial charge in [-0.3, -0.25) is 9.59 Å². The summed E-state index contributed by atoms with van der Waals surface area (Å²) in [6, 6.07) is 7.84. The minimum Gasteiger partial charge on any atom is -0.435 e. The first kappa shape index (κ1) is 18.7. The van der Waals surface area contributed by atoms with Crippen LogP contribution in [0.25, 0.3) is 0 Å². The van der Waals surface area contributed by atoms with Crippen molar-refractivity contribution in [2.45, 2.75) is 55.7 Å². The minimum atomic E-state index is -1.24. The molecule has 0 aliphatic carbocycles. The van der Waals surface area contributed by atoms with Crippen molar-refractivity contribution in [3.63, 3.8) is 0 Å². The predicted molar refractivity (Wildman–Crippen MR) is 95.9 cm³/mol. The zero-order chi connectivity index (χ0) is 19.1. The summed E-state index contributed by atoms with van der Waals surface area (Å²) in [4.78, 5) is 38.6. The lowest BCUT2D eigenvalue weighted by Gasteiger charge is -2.44. The number of aliphatic hydroxyl groups is 1. The number of β-lactam (4-membered cyclic amide) rings is 1. The highest BCUT2D eigenvalue weighted by atomic mass is 32.2. The van der Waals surface area contributed by atoms with Crippen LogP contribution in [0.15, 0.2) is 30.3 Å². The monoisotopic (exact) mass is 378 g/mol. The van der Waals surface area contributed by atoms with E-state index >= 15 is 0 Å². The Bertz CT molecular complexity index is 722. The third kappa shape index (κ3) is 3.43. The van der Waals surface area contributed by atoms with Gasteiger partial charge in [-0.25, -0.2) is 4.79 Å². The molecule has 7 nitrogen and oxygen atoms in total. The van der Waals surface area contributed by atoms with Crippen molar-refractivity contribution in [2.75, 3.05) is 0 Å². The summed E-state index contributed by atoms with van der Waals surface area (Å²) < 4.78 is 4.31. The summed E-state index contributed by atoms with van der Waals surface area (Å²) in [5.41, 5.74) is 0.867. The molecule has 0 radical (unpaired) electrons. The van der Waals surface area contributed by atoms with E-state index in [1.165, 1.54) is 23.6 Å². The molecular formula is C18H22N2O5S. The highest BCUT2D eigenvalue weighted by molar-refractivity contribution is 8.01. The number of hydrogen-bond donors (Lipinski definition) is 2. The summed E-state index contributed by atoms with van der Waals surface area (Å²) in [7, 11) is 0. The summed E-state index contributed by atoms with van der Waals surface area (Å²) in [5.74, 6) is -1.17. The van der Waals surface area contributed by atoms with Gasteiger partial charge in [0.15, 0.2) is 6.29 Å². The number of fused-ring (bicyclic) bond motifs is 1. The number of ether oxygens (including phenoxy) is 1. The first-order valence-electron chi connectivity index (χ1n) is 8.42. The minimum absolute atomic E-state index is 0.193. The largest absolute Gasteiger partial charge is 0.435 e. The van der Waals surface area contributed by atoms with E-state index in [9.17, 15) is 19.5 Å². The van der Waals surface area contributed by atoms with Crippen molar-refractivity contribution >= 4 is 29.5 Å². The highest BCUT2D eigenvalue weighted by Gasteiger charge is 2.64. The van der Waals surface area contributed by atoms with Crippen LogP contribution in [0.4, 0.5) is 0 Å². The van der Waals surface area contributed by atoms with Crippen molar-refractivity contribution in [1.82, 2.24) is 10.2 Å². The van der Waals surface area contributed by atoms with Crippen LogP contribution in [0.5, 0.6) is 0 Å². The SMILES string of the molecule is CC(O)OC(=O)C1N2C(=O)[C@@H](NC(=O)Cc3ccccc3)C2SC1(C)C. The Kier molecular flexibility index (Phi) is 4.98. The van der Waals surface area contributed by atoms with Crippen LogP contribution in [-0.4, -0.2) is 56.3 Å². The molecule has 2 N–H and O–H groups in total. The van der Waals surface area contributed by atoms with Crippen molar-refractivity contribution < 1.29 is 24.2 Å². The van der Waals surface area contributed by atoms with E-state index in [0.717, 1.165) is 5.56 Å². The van der Waals surface area contributed by atoms with E-state index in [2.05, 4.69) is 5.32 Å². The van der Waals surface area contributed by atoms with Gasteiger partial charge in [-0.1, -0.05) is 30.3 Å². The molecule has 8 heteroatoms. The molecule has 2 amide bonds. The smallest absolute Gasteiger partial charge is 0.332 e. The fraction of sp³-hybridized carbons (Fsp3) is 0.500. The number of thioether (sulfide) groups is 1. The second kappa shape index (κ2) is 6.92. The Morgan fingerprint density at radius 2 is 2.00 bits per heavy atom. The van der Waals surface area contributed by atoms with E-state index in [4.69, 9.17) is 4.74 Å². The molecule has 2 saturated heterocycles. The van der Waals surface area contributed by atoms with Crippen molar-refractivity contribution in [2.24, 2.45) is 0 Å². The second-order valence-electron chi connectivity index (χ2n) is 7.00. The molecule has 2 aliphatic heterocycles. The van der Waals surface area contributed by atoms with Gasteiger partial charge in [0.25, 0.3) is 0 Å². The van der Waals surface area contributed by atoms with E-state index in [1.54, 1.807) is 0 Å². The molecule has 2 fully saturated rings. The number of esters is 1. The third-order valence-electron chi connectivity index (χ3n) is 4.47. The van der Waals surface area contributed by atoms with Gasteiger partial charge >= 0.3 is 5.97 Å². The molecule has 4 atom stereocenters. The van der Waals surface area contributed by atoms with Crippen LogP contribution < -0.4 is 5.32 Å². The maximum atomic E-state index is 12.5. The second-order valence-corrected chi connectivity index (χ2v) is 8.77. The average molecular weight is 378 g/mol. The number of benzene rings is 1. The molecule has 1 aromatic rings. The van der Waals surface area contributed by atoms with Gasteiger partial charge in [-0.2, -0.15) is 0 Å². The number of rotatable bonds is 5. The van der Waals surface area contributed by atoms with Gasteiger partial charge in [-0.15, -0.1) is 11.8 Å². The summed E-state index contributed by atoms with van der Waals surface area (Å²) >= 11 is 1.45. The molecule has 3 unspecified atom stereocenters. The van der Waals surface area contributed by atoms with Gasteiger partial charge < -0.3 is 20.1 Å². The Balaban J connectivity index is 1.66. The zero-order valence-electron chi connectivity index (χ0n) is 14.8. The maximum Gasteiger partial charge on any atom is 0.332 e. The first-order valence-corrected chi connectivity index (χ1v) is 9.30. The van der Waals surface area contributed by atoms with Gasteiger partial charge in [0.05, 0.1) is 6.42 Å². The fourth-order valence-corrected chi connectivity index (χ4v) is 4.99. The lowest BCUT2D eigenvalue weighted by Crippen LogP contribution is -2.70. The van der Waals surface area contributed by atoms with Gasteiger partial charge in [0, 0.05) is 4.75 Å². The molecule has 0 aromatic heterocycles. The molecule has 2 heterocycles. The van der Waals surface area contributed by atoms with Crippen molar-refractivity contribution in [1.29, 1.82) is 0 Å². The molecule has 0 spiro atoms. The van der Waals surface area contributed by atoms with Crippen molar-refractivity contribution in [3.8, 4) is 0 Å². The van der Waals surface area contributed by atoms with Crippen LogP contribution in [-0.2, 0) is 25.5 Å². The summed E-state index contributed by atoms with van der Waals surface area (Å²) in [6.45, 7) is 5.04. The Labute approximate surface area is 156 Å². The first-order chi connectivity index (χ1) is 12.2. The number of carbonyl (C=O) groups is 3. The Morgan fingerprint density at radius 3 is 2.62 bits per heavy atom. The molecule has 0 saturated carbocycles. The topological polar surface area (TPSA) is 95.9 Å². The molecular weight excluding hydrogens is 356 g/mol. The fourth-order valence-electron chi connectivity index (χ4n) is 3.36. The molecule has 2 aliphatic rings. The number of hydrogen-bond acceptors (Lipinski definition) is 6. The van der Waals surface area contributed by atoms with Crippen LogP contribution in [0, 0.1) is 0 Å². The van der Waals surface area contributed by atoms with Gasteiger partial charge in [-0.05, 0) is 26.3 Å². The van der Waals surface area contributed by atoms with Crippen molar-refractivity contribution in [3.05, 3.63) is 35.9 Å². The molecule has 140 valence electrons. The normalized spacial score (nSPS) is 27.3. The summed E-state index contributed by atoms with van der Waals surface area (Å²) in [5, 5.41) is 11.7. The Hall–Kier alpha value is -2.06. The predicted octanol–water partition coefficient (Wildman–Crippen LogP) is 0.658. The van der Waals surface area contributed by atoms with Crippen LogP contribution in [0.2, 0.25) is 0 Å². The lowest BCUT2D eigenvalue weighted by molar-refractivity contribution is -0.178. The summed E-state index contributed by atoms with van der Waals surface area (Å²) in [6.07, 6.45) is -1.04. The third-order valence-corrected chi connectivity index (χ3v) is 6.05. The highest BCUT2D eigenvalue weighted by Crippen LogP contribution is 2.51. The van der Waals surface area contributed by atoms with Crippen LogP contribution in [0.3, 0.4) is 0 Å². The average Bonchev–Trinajstić information content (AvgIpc) is 2.81. The van der Waals surface area contributed by atoms with Gasteiger partial charge in [0.1, 0.15) is 17.5 Å². The number of nitrogens with zero attached hydrogens (tertiary/aromatic N) is 1. The molecule has 1 aromatic carbocycles. The van der Waals surface area contributed by atoms with E-state index in [0.29, 0.717) is 0 Å². The standard InChI is InChI=1S/C18H22N2O5S/c1-10(21)25-17(24)14-18(2,3)26-16-13(15(23)20(14)16)19-12(22)9-11-7-5-4-6-8-11/h4-8,10,13-14,16,21H,9H2,1-3H3,(H,19,22)/t10?,13-,14?,16?/m1/s1. The number of amides is 2.